The summed E-state index contributed by atoms with van der Waals surface area (Å²) in [6.45, 7) is 2.89. The van der Waals surface area contributed by atoms with Crippen molar-refractivity contribution in [2.75, 3.05) is 17.2 Å². The van der Waals surface area contributed by atoms with E-state index in [0.717, 1.165) is 6.54 Å². The lowest BCUT2D eigenvalue weighted by molar-refractivity contribution is 0.598. The molecule has 0 saturated heterocycles. The zero-order valence-corrected chi connectivity index (χ0v) is 15.6. The first-order valence-corrected chi connectivity index (χ1v) is 9.98. The molecule has 3 rings (SSSR count). The van der Waals surface area contributed by atoms with Gasteiger partial charge in [-0.15, -0.1) is 0 Å². The standard InChI is InChI=1S/C19H21N5O2S/c1-14(15-5-3-2-4-6-15)13-22-18-11-12-21-19(24-18)23-16-7-9-17(10-8-16)27(20,25)26/h2-12,14H,13H2,1H3,(H2,20,25,26)(H2,21,22,23,24)/t14-/m0/s1. The van der Waals surface area contributed by atoms with Crippen LogP contribution < -0.4 is 15.8 Å². The predicted octanol–water partition coefficient (Wildman–Crippen LogP) is 3.08. The van der Waals surface area contributed by atoms with Crippen molar-refractivity contribution >= 4 is 27.5 Å². The van der Waals surface area contributed by atoms with Crippen molar-refractivity contribution < 1.29 is 8.42 Å². The Kier molecular flexibility index (Phi) is 5.68. The fourth-order valence-corrected chi connectivity index (χ4v) is 3.05. The zero-order chi connectivity index (χ0) is 19.3. The number of aromatic nitrogens is 2. The second kappa shape index (κ2) is 8.15. The first kappa shape index (κ1) is 18.8. The van der Waals surface area contributed by atoms with Crippen molar-refractivity contribution in [3.8, 4) is 0 Å². The minimum absolute atomic E-state index is 0.0549. The normalized spacial score (nSPS) is 12.4. The van der Waals surface area contributed by atoms with Crippen LogP contribution in [0.4, 0.5) is 17.5 Å². The van der Waals surface area contributed by atoms with Crippen LogP contribution in [0, 0.1) is 0 Å². The van der Waals surface area contributed by atoms with Gasteiger partial charge in [-0.25, -0.2) is 18.5 Å². The van der Waals surface area contributed by atoms with Crippen LogP contribution in [0.25, 0.3) is 0 Å². The van der Waals surface area contributed by atoms with Crippen molar-refractivity contribution in [2.45, 2.75) is 17.7 Å². The van der Waals surface area contributed by atoms with Crippen molar-refractivity contribution in [1.82, 2.24) is 9.97 Å². The van der Waals surface area contributed by atoms with Gasteiger partial charge in [0.2, 0.25) is 16.0 Å². The number of rotatable bonds is 7. The van der Waals surface area contributed by atoms with Gasteiger partial charge in [0.1, 0.15) is 5.82 Å². The third kappa shape index (κ3) is 5.25. The van der Waals surface area contributed by atoms with Crippen molar-refractivity contribution in [3.05, 3.63) is 72.4 Å². The molecule has 4 N–H and O–H groups in total. The first-order valence-electron chi connectivity index (χ1n) is 8.43. The molecule has 0 aliphatic heterocycles. The number of primary sulfonamides is 1. The van der Waals surface area contributed by atoms with Crippen LogP contribution in [-0.2, 0) is 10.0 Å². The smallest absolute Gasteiger partial charge is 0.238 e. The van der Waals surface area contributed by atoms with Gasteiger partial charge in [0, 0.05) is 18.4 Å². The van der Waals surface area contributed by atoms with E-state index < -0.39 is 10.0 Å². The van der Waals surface area contributed by atoms with E-state index in [1.54, 1.807) is 24.4 Å². The molecular formula is C19H21N5O2S. The molecule has 8 heteroatoms. The second-order valence-electron chi connectivity index (χ2n) is 6.15. The third-order valence-corrected chi connectivity index (χ3v) is 4.98. The van der Waals surface area contributed by atoms with Crippen LogP contribution in [-0.4, -0.2) is 24.9 Å². The highest BCUT2D eigenvalue weighted by molar-refractivity contribution is 7.89. The van der Waals surface area contributed by atoms with Crippen molar-refractivity contribution in [2.24, 2.45) is 5.14 Å². The van der Waals surface area contributed by atoms with E-state index in [-0.39, 0.29) is 4.90 Å². The SMILES string of the molecule is C[C@@H](CNc1ccnc(Nc2ccc(S(N)(=O)=O)cc2)n1)c1ccccc1. The number of nitrogens with two attached hydrogens (primary N) is 1. The molecule has 0 aliphatic rings. The molecule has 0 bridgehead atoms. The Hall–Kier alpha value is -2.97. The summed E-state index contributed by atoms with van der Waals surface area (Å²) in [4.78, 5) is 8.67. The van der Waals surface area contributed by atoms with Gasteiger partial charge in [-0.2, -0.15) is 4.98 Å². The summed E-state index contributed by atoms with van der Waals surface area (Å²) in [6, 6.07) is 18.1. The number of hydrogen-bond acceptors (Lipinski definition) is 6. The zero-order valence-electron chi connectivity index (χ0n) is 14.8. The molecule has 0 saturated carbocycles. The van der Waals surface area contributed by atoms with Crippen LogP contribution in [0.15, 0.2) is 71.8 Å². The third-order valence-electron chi connectivity index (χ3n) is 4.05. The van der Waals surface area contributed by atoms with E-state index in [4.69, 9.17) is 5.14 Å². The fraction of sp³-hybridized carbons (Fsp3) is 0.158. The van der Waals surface area contributed by atoms with Gasteiger partial charge in [-0.3, -0.25) is 0 Å². The minimum Gasteiger partial charge on any atom is -0.369 e. The summed E-state index contributed by atoms with van der Waals surface area (Å²) in [7, 11) is -3.71. The number of nitrogens with one attached hydrogen (secondary N) is 2. The maximum Gasteiger partial charge on any atom is 0.238 e. The molecule has 0 fully saturated rings. The van der Waals surface area contributed by atoms with Gasteiger partial charge in [0.05, 0.1) is 4.90 Å². The number of benzene rings is 2. The van der Waals surface area contributed by atoms with Crippen LogP contribution in [0.1, 0.15) is 18.4 Å². The monoisotopic (exact) mass is 383 g/mol. The Bertz CT molecular complexity index is 992. The van der Waals surface area contributed by atoms with Crippen LogP contribution in [0.3, 0.4) is 0 Å². The molecule has 0 radical (unpaired) electrons. The lowest BCUT2D eigenvalue weighted by Crippen LogP contribution is -2.12. The molecule has 1 heterocycles. The van der Waals surface area contributed by atoms with Crippen LogP contribution in [0.2, 0.25) is 0 Å². The predicted molar refractivity (Wildman–Crippen MR) is 106 cm³/mol. The summed E-state index contributed by atoms with van der Waals surface area (Å²) in [5, 5.41) is 11.5. The average molecular weight is 383 g/mol. The molecule has 0 aliphatic carbocycles. The first-order chi connectivity index (χ1) is 12.9. The molecular weight excluding hydrogens is 362 g/mol. The van der Waals surface area contributed by atoms with Gasteiger partial charge in [-0.1, -0.05) is 37.3 Å². The van der Waals surface area contributed by atoms with E-state index in [1.165, 1.54) is 17.7 Å². The summed E-state index contributed by atoms with van der Waals surface area (Å²) >= 11 is 0. The van der Waals surface area contributed by atoms with Gasteiger partial charge in [-0.05, 0) is 41.8 Å². The van der Waals surface area contributed by atoms with Gasteiger partial charge < -0.3 is 10.6 Å². The molecule has 2 aromatic carbocycles. The van der Waals surface area contributed by atoms with E-state index in [1.807, 2.05) is 18.2 Å². The number of nitrogens with zero attached hydrogens (tertiary/aromatic N) is 2. The summed E-state index contributed by atoms with van der Waals surface area (Å²) in [6.07, 6.45) is 1.66. The van der Waals surface area contributed by atoms with Crippen LogP contribution in [0.5, 0.6) is 0 Å². The quantitative estimate of drug-likeness (QED) is 0.578. The number of anilines is 3. The van der Waals surface area contributed by atoms with E-state index in [0.29, 0.717) is 23.4 Å². The van der Waals surface area contributed by atoms with Gasteiger partial charge in [0.25, 0.3) is 0 Å². The van der Waals surface area contributed by atoms with E-state index in [2.05, 4.69) is 39.7 Å². The topological polar surface area (TPSA) is 110 Å². The highest BCUT2D eigenvalue weighted by Gasteiger charge is 2.08. The Labute approximate surface area is 158 Å². The summed E-state index contributed by atoms with van der Waals surface area (Å²) in [5.74, 6) is 1.45. The minimum atomic E-state index is -3.71. The number of hydrogen-bond donors (Lipinski definition) is 3. The van der Waals surface area contributed by atoms with Gasteiger partial charge >= 0.3 is 0 Å². The maximum atomic E-state index is 11.3. The number of sulfonamides is 1. The molecule has 140 valence electrons. The van der Waals surface area contributed by atoms with Crippen molar-refractivity contribution in [3.63, 3.8) is 0 Å². The molecule has 1 aromatic heterocycles. The molecule has 0 spiro atoms. The van der Waals surface area contributed by atoms with E-state index >= 15 is 0 Å². The molecule has 27 heavy (non-hydrogen) atoms. The van der Waals surface area contributed by atoms with Crippen molar-refractivity contribution in [1.29, 1.82) is 0 Å². The average Bonchev–Trinajstić information content (AvgIpc) is 2.67. The molecule has 7 nitrogen and oxygen atoms in total. The second-order valence-corrected chi connectivity index (χ2v) is 7.71. The Balaban J connectivity index is 1.63. The summed E-state index contributed by atoms with van der Waals surface area (Å²) in [5.41, 5.74) is 1.92. The molecule has 1 atom stereocenters. The van der Waals surface area contributed by atoms with Gasteiger partial charge in [0.15, 0.2) is 0 Å². The largest absolute Gasteiger partial charge is 0.369 e. The molecule has 0 amide bonds. The fourth-order valence-electron chi connectivity index (χ4n) is 2.53. The highest BCUT2D eigenvalue weighted by atomic mass is 32.2. The lowest BCUT2D eigenvalue weighted by Gasteiger charge is -2.14. The summed E-state index contributed by atoms with van der Waals surface area (Å²) < 4.78 is 22.6. The Morgan fingerprint density at radius 1 is 1.04 bits per heavy atom. The lowest BCUT2D eigenvalue weighted by atomic mass is 10.0. The molecule has 0 unspecified atom stereocenters. The highest BCUT2D eigenvalue weighted by Crippen LogP contribution is 2.18. The Morgan fingerprint density at radius 2 is 1.74 bits per heavy atom. The van der Waals surface area contributed by atoms with E-state index in [9.17, 15) is 8.42 Å². The van der Waals surface area contributed by atoms with Crippen LogP contribution >= 0.6 is 0 Å². The maximum absolute atomic E-state index is 11.3. The Morgan fingerprint density at radius 3 is 2.41 bits per heavy atom. The molecule has 3 aromatic rings.